The molecular formula is C12H18N2O2. The molecule has 0 unspecified atom stereocenters. The Morgan fingerprint density at radius 3 is 2.62 bits per heavy atom. The summed E-state index contributed by atoms with van der Waals surface area (Å²) in [5.74, 6) is 0.722. The highest BCUT2D eigenvalue weighted by Crippen LogP contribution is 2.22. The maximum absolute atomic E-state index is 11.0. The predicted molar refractivity (Wildman–Crippen MR) is 63.4 cm³/mol. The minimum atomic E-state index is -0.145. The lowest BCUT2D eigenvalue weighted by atomic mass is 10.0. The average Bonchev–Trinajstić information content (AvgIpc) is 2.29. The maximum atomic E-state index is 11.0. The fraction of sp³-hybridized carbons (Fsp3) is 0.417. The average molecular weight is 222 g/mol. The van der Waals surface area contributed by atoms with E-state index in [1.165, 1.54) is 0 Å². The summed E-state index contributed by atoms with van der Waals surface area (Å²) in [7, 11) is 1.65. The van der Waals surface area contributed by atoms with Gasteiger partial charge in [-0.2, -0.15) is 0 Å². The van der Waals surface area contributed by atoms with E-state index in [9.17, 15) is 4.79 Å². The number of amides is 1. The summed E-state index contributed by atoms with van der Waals surface area (Å²) in [6.45, 7) is 4.50. The first-order chi connectivity index (χ1) is 7.58. The first-order valence-corrected chi connectivity index (χ1v) is 5.19. The molecule has 1 rings (SSSR count). The SMILES string of the molecule is COc1cc(C)c(CNC(=O)CN)cc1C. The number of nitrogens with two attached hydrogens (primary N) is 1. The van der Waals surface area contributed by atoms with E-state index in [1.54, 1.807) is 7.11 Å². The first-order valence-electron chi connectivity index (χ1n) is 5.19. The molecule has 1 aromatic rings. The third kappa shape index (κ3) is 2.97. The van der Waals surface area contributed by atoms with E-state index in [4.69, 9.17) is 10.5 Å². The Kier molecular flexibility index (Phi) is 4.31. The van der Waals surface area contributed by atoms with Crippen LogP contribution in [0.5, 0.6) is 5.75 Å². The van der Waals surface area contributed by atoms with E-state index in [2.05, 4.69) is 5.32 Å². The van der Waals surface area contributed by atoms with Gasteiger partial charge in [0.2, 0.25) is 5.91 Å². The molecule has 4 nitrogen and oxygen atoms in total. The van der Waals surface area contributed by atoms with E-state index in [-0.39, 0.29) is 12.5 Å². The molecule has 0 fully saturated rings. The molecule has 0 heterocycles. The van der Waals surface area contributed by atoms with Gasteiger partial charge in [-0.15, -0.1) is 0 Å². The number of nitrogens with one attached hydrogen (secondary N) is 1. The lowest BCUT2D eigenvalue weighted by Gasteiger charge is -2.11. The van der Waals surface area contributed by atoms with Gasteiger partial charge in [-0.25, -0.2) is 0 Å². The molecule has 3 N–H and O–H groups in total. The zero-order valence-corrected chi connectivity index (χ0v) is 9.96. The van der Waals surface area contributed by atoms with Crippen LogP contribution in [0.4, 0.5) is 0 Å². The quantitative estimate of drug-likeness (QED) is 0.795. The van der Waals surface area contributed by atoms with Crippen LogP contribution in [0.2, 0.25) is 0 Å². The van der Waals surface area contributed by atoms with Crippen molar-refractivity contribution in [3.05, 3.63) is 28.8 Å². The Labute approximate surface area is 95.8 Å². The molecule has 0 aliphatic rings. The molecule has 0 aromatic heterocycles. The summed E-state index contributed by atoms with van der Waals surface area (Å²) in [5.41, 5.74) is 8.46. The number of aryl methyl sites for hydroxylation is 2. The van der Waals surface area contributed by atoms with Gasteiger partial charge in [-0.1, -0.05) is 6.07 Å². The van der Waals surface area contributed by atoms with Crippen LogP contribution < -0.4 is 15.8 Å². The van der Waals surface area contributed by atoms with E-state index in [0.717, 1.165) is 22.4 Å². The van der Waals surface area contributed by atoms with Crippen molar-refractivity contribution in [1.29, 1.82) is 0 Å². The molecule has 4 heteroatoms. The molecule has 1 amide bonds. The topological polar surface area (TPSA) is 64.3 Å². The first kappa shape index (κ1) is 12.5. The summed E-state index contributed by atoms with van der Waals surface area (Å²) in [6.07, 6.45) is 0. The van der Waals surface area contributed by atoms with Crippen molar-refractivity contribution in [2.75, 3.05) is 13.7 Å². The largest absolute Gasteiger partial charge is 0.496 e. The molecule has 0 bridgehead atoms. The van der Waals surface area contributed by atoms with Crippen molar-refractivity contribution in [3.8, 4) is 5.75 Å². The van der Waals surface area contributed by atoms with Gasteiger partial charge >= 0.3 is 0 Å². The highest BCUT2D eigenvalue weighted by Gasteiger charge is 2.05. The van der Waals surface area contributed by atoms with Crippen LogP contribution in [0.15, 0.2) is 12.1 Å². The molecule has 1 aromatic carbocycles. The van der Waals surface area contributed by atoms with Crippen LogP contribution in [0.25, 0.3) is 0 Å². The number of hydrogen-bond donors (Lipinski definition) is 2. The molecule has 0 aliphatic heterocycles. The molecule has 0 radical (unpaired) electrons. The maximum Gasteiger partial charge on any atom is 0.234 e. The fourth-order valence-corrected chi connectivity index (χ4v) is 1.53. The van der Waals surface area contributed by atoms with Crippen LogP contribution in [-0.2, 0) is 11.3 Å². The fourth-order valence-electron chi connectivity index (χ4n) is 1.53. The van der Waals surface area contributed by atoms with Crippen LogP contribution in [0.1, 0.15) is 16.7 Å². The van der Waals surface area contributed by atoms with Crippen molar-refractivity contribution in [1.82, 2.24) is 5.32 Å². The molecule has 0 saturated heterocycles. The number of methoxy groups -OCH3 is 1. The Morgan fingerprint density at radius 2 is 2.06 bits per heavy atom. The minimum Gasteiger partial charge on any atom is -0.496 e. The molecular weight excluding hydrogens is 204 g/mol. The second kappa shape index (κ2) is 5.51. The zero-order chi connectivity index (χ0) is 12.1. The number of benzene rings is 1. The molecule has 0 spiro atoms. The van der Waals surface area contributed by atoms with Crippen LogP contribution in [0.3, 0.4) is 0 Å². The number of carbonyl (C=O) groups excluding carboxylic acids is 1. The molecule has 88 valence electrons. The van der Waals surface area contributed by atoms with Gasteiger partial charge < -0.3 is 15.8 Å². The van der Waals surface area contributed by atoms with Gasteiger partial charge in [-0.3, -0.25) is 4.79 Å². The molecule has 0 aliphatic carbocycles. The summed E-state index contributed by atoms with van der Waals surface area (Å²) < 4.78 is 5.22. The van der Waals surface area contributed by atoms with E-state index in [0.29, 0.717) is 6.54 Å². The summed E-state index contributed by atoms with van der Waals surface area (Å²) in [4.78, 5) is 11.0. The lowest BCUT2D eigenvalue weighted by molar-refractivity contribution is -0.119. The van der Waals surface area contributed by atoms with E-state index < -0.39 is 0 Å². The van der Waals surface area contributed by atoms with Gasteiger partial charge in [0.15, 0.2) is 0 Å². The highest BCUT2D eigenvalue weighted by atomic mass is 16.5. The molecule has 0 saturated carbocycles. The second-order valence-electron chi connectivity index (χ2n) is 3.73. The Morgan fingerprint density at radius 1 is 1.38 bits per heavy atom. The Bertz CT molecular complexity index is 389. The Balaban J connectivity index is 2.81. The number of hydrogen-bond acceptors (Lipinski definition) is 3. The normalized spacial score (nSPS) is 10.0. The van der Waals surface area contributed by atoms with Gasteiger partial charge in [0.25, 0.3) is 0 Å². The van der Waals surface area contributed by atoms with Gasteiger partial charge in [0.05, 0.1) is 13.7 Å². The molecule has 0 atom stereocenters. The van der Waals surface area contributed by atoms with Crippen molar-refractivity contribution >= 4 is 5.91 Å². The second-order valence-corrected chi connectivity index (χ2v) is 3.73. The van der Waals surface area contributed by atoms with Crippen molar-refractivity contribution < 1.29 is 9.53 Å². The van der Waals surface area contributed by atoms with Gasteiger partial charge in [-0.05, 0) is 36.6 Å². The monoisotopic (exact) mass is 222 g/mol. The number of rotatable bonds is 4. The zero-order valence-electron chi connectivity index (χ0n) is 9.96. The predicted octanol–water partition coefficient (Wildman–Crippen LogP) is 0.887. The third-order valence-corrected chi connectivity index (χ3v) is 2.51. The van der Waals surface area contributed by atoms with Crippen LogP contribution >= 0.6 is 0 Å². The van der Waals surface area contributed by atoms with Crippen LogP contribution in [0, 0.1) is 13.8 Å². The van der Waals surface area contributed by atoms with Crippen molar-refractivity contribution in [2.24, 2.45) is 5.73 Å². The third-order valence-electron chi connectivity index (χ3n) is 2.51. The summed E-state index contributed by atoms with van der Waals surface area (Å²) in [6, 6.07) is 3.99. The van der Waals surface area contributed by atoms with Crippen molar-refractivity contribution in [3.63, 3.8) is 0 Å². The minimum absolute atomic E-state index is 0.0220. The molecule has 16 heavy (non-hydrogen) atoms. The smallest absolute Gasteiger partial charge is 0.234 e. The summed E-state index contributed by atoms with van der Waals surface area (Å²) >= 11 is 0. The van der Waals surface area contributed by atoms with E-state index >= 15 is 0 Å². The van der Waals surface area contributed by atoms with Crippen LogP contribution in [-0.4, -0.2) is 19.6 Å². The van der Waals surface area contributed by atoms with Gasteiger partial charge in [0, 0.05) is 6.54 Å². The van der Waals surface area contributed by atoms with E-state index in [1.807, 2.05) is 26.0 Å². The standard InChI is InChI=1S/C12H18N2O2/c1-8-5-11(16-3)9(2)4-10(8)7-14-12(15)6-13/h4-5H,6-7,13H2,1-3H3,(H,14,15). The number of carbonyl (C=O) groups is 1. The van der Waals surface area contributed by atoms with Crippen molar-refractivity contribution in [2.45, 2.75) is 20.4 Å². The Hall–Kier alpha value is -1.55. The summed E-state index contributed by atoms with van der Waals surface area (Å²) in [5, 5.41) is 2.75. The number of ether oxygens (including phenoxy) is 1. The van der Waals surface area contributed by atoms with Gasteiger partial charge in [0.1, 0.15) is 5.75 Å². The lowest BCUT2D eigenvalue weighted by Crippen LogP contribution is -2.29. The highest BCUT2D eigenvalue weighted by molar-refractivity contribution is 5.77.